The molecule has 0 spiro atoms. The van der Waals surface area contributed by atoms with Crippen molar-refractivity contribution in [3.63, 3.8) is 0 Å². The largest absolute Gasteiger partial charge is 0.481 e. The van der Waals surface area contributed by atoms with Crippen molar-refractivity contribution in [2.75, 3.05) is 32.1 Å². The molecule has 0 aromatic heterocycles. The third kappa shape index (κ3) is 20.9. The van der Waals surface area contributed by atoms with Crippen LogP contribution in [-0.2, 0) is 64.7 Å². The summed E-state index contributed by atoms with van der Waals surface area (Å²) < 4.78 is 5.83. The minimum absolute atomic E-state index is 0.000897. The van der Waals surface area contributed by atoms with Gasteiger partial charge < -0.3 is 52.0 Å². The second-order valence-electron chi connectivity index (χ2n) is 23.7. The number of nitrogens with one attached hydrogen (secondary N) is 4. The minimum atomic E-state index is -1.50. The first kappa shape index (κ1) is 71.6. The maximum Gasteiger partial charge on any atom is 0.410 e. The Morgan fingerprint density at radius 2 is 1.31 bits per heavy atom. The number of likely N-dealkylation sites (N-methyl/N-ethyl adjacent to an activating group) is 2. The van der Waals surface area contributed by atoms with Gasteiger partial charge in [0.1, 0.15) is 36.8 Å². The van der Waals surface area contributed by atoms with Crippen LogP contribution in [0.5, 0.6) is 0 Å². The van der Waals surface area contributed by atoms with Crippen LogP contribution in [0, 0.1) is 17.3 Å². The van der Waals surface area contributed by atoms with E-state index in [4.69, 9.17) is 15.6 Å². The Morgan fingerprint density at radius 1 is 0.709 bits per heavy atom. The fraction of sp³-hybridized carbons (Fsp3) is 0.541. The SMILES string of the molecule is C/C(=C\[C@H](C(C)C)N(C)C(=O)[C@@H](NC(=O)[C@@H](N(C)C(=O)OCc1ccc(N(C(=O)[C@@H](NC(=O)CCCCCN2C(=O)C=CC2=O)C(C)C)[C@@H](CCCNC(N)=O)C(=O)O)cc1)C(C)(C)c1ccccc1)C(C)(C)C)C(=O)N[C@H](CCC(=O)O)C(=O)O. The summed E-state index contributed by atoms with van der Waals surface area (Å²) >= 11 is 0. The number of carboxylic acid groups (broad SMARTS) is 3. The van der Waals surface area contributed by atoms with Crippen molar-refractivity contribution in [2.45, 2.75) is 169 Å². The summed E-state index contributed by atoms with van der Waals surface area (Å²) in [6, 6.07) is 6.47. The van der Waals surface area contributed by atoms with Crippen molar-refractivity contribution >= 4 is 77.1 Å². The van der Waals surface area contributed by atoms with Crippen LogP contribution in [0.3, 0.4) is 0 Å². The first-order valence-corrected chi connectivity index (χ1v) is 28.6. The number of aliphatic carboxylic acids is 3. The zero-order valence-corrected chi connectivity index (χ0v) is 51.3. The lowest BCUT2D eigenvalue weighted by molar-refractivity contribution is -0.143. The van der Waals surface area contributed by atoms with Crippen molar-refractivity contribution < 1.29 is 77.6 Å². The Hall–Kier alpha value is -8.64. The highest BCUT2D eigenvalue weighted by Gasteiger charge is 2.46. The second-order valence-corrected chi connectivity index (χ2v) is 23.7. The highest BCUT2D eigenvalue weighted by molar-refractivity contribution is 6.13. The van der Waals surface area contributed by atoms with Crippen LogP contribution in [0.25, 0.3) is 0 Å². The Balaban J connectivity index is 1.94. The first-order chi connectivity index (χ1) is 40.1. The van der Waals surface area contributed by atoms with Gasteiger partial charge in [-0.2, -0.15) is 0 Å². The Labute approximate surface area is 502 Å². The van der Waals surface area contributed by atoms with E-state index in [9.17, 15) is 63.0 Å². The molecule has 0 unspecified atom stereocenters. The van der Waals surface area contributed by atoms with E-state index in [0.717, 1.165) is 14.7 Å². The molecule has 3 rings (SSSR count). The molecule has 0 aliphatic carbocycles. The molecule has 25 nitrogen and oxygen atoms in total. The van der Waals surface area contributed by atoms with Crippen LogP contribution in [0.2, 0.25) is 0 Å². The summed E-state index contributed by atoms with van der Waals surface area (Å²) in [5.74, 6) is -9.00. The van der Waals surface area contributed by atoms with Gasteiger partial charge in [0, 0.05) is 68.9 Å². The minimum Gasteiger partial charge on any atom is -0.481 e. The normalized spacial score (nSPS) is 14.7. The van der Waals surface area contributed by atoms with Crippen molar-refractivity contribution in [3.05, 3.63) is 89.5 Å². The number of carboxylic acids is 3. The maximum atomic E-state index is 15.0. The zero-order valence-electron chi connectivity index (χ0n) is 51.3. The molecule has 1 aliphatic heterocycles. The number of unbranched alkanes of at least 4 members (excludes halogenated alkanes) is 2. The van der Waals surface area contributed by atoms with Crippen molar-refractivity contribution in [1.82, 2.24) is 36.0 Å². The van der Waals surface area contributed by atoms with E-state index in [1.165, 1.54) is 68.4 Å². The maximum absolute atomic E-state index is 15.0. The number of ether oxygens (including phenoxy) is 1. The molecule has 0 bridgehead atoms. The quantitative estimate of drug-likeness (QED) is 0.0269. The molecule has 9 N–H and O–H groups in total. The number of benzene rings is 2. The predicted octanol–water partition coefficient (Wildman–Crippen LogP) is 4.86. The number of amides is 10. The topological polar surface area (TPSA) is 362 Å². The molecule has 0 fully saturated rings. The van der Waals surface area contributed by atoms with Crippen LogP contribution >= 0.6 is 0 Å². The van der Waals surface area contributed by atoms with Gasteiger partial charge in [-0.1, -0.05) is 117 Å². The third-order valence-electron chi connectivity index (χ3n) is 14.8. The molecular weight excluding hydrogens is 1110 g/mol. The summed E-state index contributed by atoms with van der Waals surface area (Å²) in [5, 5.41) is 39.8. The van der Waals surface area contributed by atoms with Gasteiger partial charge in [0.25, 0.3) is 17.7 Å². The molecule has 0 saturated carbocycles. The van der Waals surface area contributed by atoms with E-state index in [1.807, 2.05) is 0 Å². The molecule has 2 aromatic rings. The fourth-order valence-corrected chi connectivity index (χ4v) is 9.84. The number of carbonyl (C=O) groups excluding carboxylic acids is 9. The summed E-state index contributed by atoms with van der Waals surface area (Å²) in [5.41, 5.74) is 4.33. The Morgan fingerprint density at radius 3 is 1.84 bits per heavy atom. The summed E-state index contributed by atoms with van der Waals surface area (Å²) in [6.45, 7) is 16.9. The average Bonchev–Trinajstić information content (AvgIpc) is 1.24. The zero-order chi connectivity index (χ0) is 65.0. The molecule has 6 atom stereocenters. The van der Waals surface area contributed by atoms with Crippen molar-refractivity contribution in [3.8, 4) is 0 Å². The molecule has 472 valence electrons. The molecule has 0 saturated heterocycles. The van der Waals surface area contributed by atoms with E-state index >= 15 is 4.79 Å². The predicted molar refractivity (Wildman–Crippen MR) is 317 cm³/mol. The number of hydrogen-bond donors (Lipinski definition) is 8. The lowest BCUT2D eigenvalue weighted by atomic mass is 9.76. The van der Waals surface area contributed by atoms with Gasteiger partial charge in [-0.05, 0) is 79.5 Å². The highest BCUT2D eigenvalue weighted by atomic mass is 16.6. The van der Waals surface area contributed by atoms with Crippen molar-refractivity contribution in [1.29, 1.82) is 0 Å². The van der Waals surface area contributed by atoms with E-state index in [0.29, 0.717) is 30.4 Å². The number of anilines is 1. The number of nitrogens with zero attached hydrogens (tertiary/aromatic N) is 4. The second kappa shape index (κ2) is 32.6. The van der Waals surface area contributed by atoms with Crippen LogP contribution in [0.1, 0.15) is 132 Å². The van der Waals surface area contributed by atoms with Crippen LogP contribution in [0.4, 0.5) is 15.3 Å². The monoisotopic (exact) mass is 1200 g/mol. The number of hydrogen-bond acceptors (Lipinski definition) is 13. The molecular formula is C61H87N9O16. The van der Waals surface area contributed by atoms with E-state index in [1.54, 1.807) is 92.6 Å². The summed E-state index contributed by atoms with van der Waals surface area (Å²) in [7, 11) is 2.88. The summed E-state index contributed by atoms with van der Waals surface area (Å²) in [6.07, 6.45) is 3.32. The smallest absolute Gasteiger partial charge is 0.410 e. The lowest BCUT2D eigenvalue weighted by Gasteiger charge is -2.42. The van der Waals surface area contributed by atoms with Gasteiger partial charge in [0.05, 0.1) is 6.04 Å². The molecule has 1 heterocycles. The van der Waals surface area contributed by atoms with Gasteiger partial charge in [0.2, 0.25) is 23.6 Å². The van der Waals surface area contributed by atoms with Crippen LogP contribution in [-0.4, -0.2) is 165 Å². The van der Waals surface area contributed by atoms with Gasteiger partial charge in [0.15, 0.2) is 0 Å². The lowest BCUT2D eigenvalue weighted by Crippen LogP contribution is -2.63. The van der Waals surface area contributed by atoms with Gasteiger partial charge in [-0.3, -0.25) is 53.1 Å². The molecule has 25 heteroatoms. The van der Waals surface area contributed by atoms with Crippen LogP contribution in [0.15, 0.2) is 78.4 Å². The van der Waals surface area contributed by atoms with E-state index in [2.05, 4.69) is 21.3 Å². The number of primary amides is 1. The molecule has 10 amide bonds. The molecule has 0 radical (unpaired) electrons. The number of urea groups is 1. The van der Waals surface area contributed by atoms with Crippen molar-refractivity contribution in [2.24, 2.45) is 23.0 Å². The number of rotatable bonds is 33. The Kier molecular flexibility index (Phi) is 27.1. The number of carbonyl (C=O) groups is 12. The van der Waals surface area contributed by atoms with Crippen LogP contribution < -0.4 is 31.9 Å². The average molecular weight is 1200 g/mol. The number of nitrogens with two attached hydrogens (primary N) is 1. The van der Waals surface area contributed by atoms with Gasteiger partial charge in [-0.25, -0.2) is 19.2 Å². The standard InChI is InChI=1S/C61H87N9O16/c1-36(2)44(34-38(5)52(76)64-42(56(80)81)28-31-48(74)75)67(11)55(79)50(60(6,7)8)66-53(77)51(61(9,10)40-20-15-13-16-21-40)68(12)59(85)86-35-39-24-26-41(27-25-39)70(43(57(82)83)22-19-32-63-58(62)84)54(78)49(37(3)4)65-45(71)23-17-14-18-33-69-46(72)29-30-47(69)73/h13,15-16,20-21,24-27,29-30,34,36-37,42-44,49-51H,14,17-19,22-23,28,31-33,35H2,1-12H3,(H,64,76)(H,65,71)(H,66,77)(H,74,75)(H,80,81)(H,82,83)(H3,62,63,84)/b38-34+/t42-,43+,44-,49+,50-,51-/m1/s1. The van der Waals surface area contributed by atoms with E-state index in [-0.39, 0.29) is 62.6 Å². The first-order valence-electron chi connectivity index (χ1n) is 28.6. The third-order valence-corrected chi connectivity index (χ3v) is 14.8. The molecule has 1 aliphatic rings. The molecule has 2 aromatic carbocycles. The summed E-state index contributed by atoms with van der Waals surface area (Å²) in [4.78, 5) is 161. The highest BCUT2D eigenvalue weighted by Crippen LogP contribution is 2.33. The van der Waals surface area contributed by atoms with Gasteiger partial charge in [-0.15, -0.1) is 0 Å². The molecule has 86 heavy (non-hydrogen) atoms. The van der Waals surface area contributed by atoms with Gasteiger partial charge >= 0.3 is 30.0 Å². The fourth-order valence-electron chi connectivity index (χ4n) is 9.84. The number of imide groups is 1. The Bertz CT molecular complexity index is 2810. The van der Waals surface area contributed by atoms with E-state index < -0.39 is 131 Å².